The molecule has 1 aromatic rings. The van der Waals surface area contributed by atoms with Crippen molar-refractivity contribution in [2.45, 2.75) is 80.4 Å². The van der Waals surface area contributed by atoms with Gasteiger partial charge in [0.2, 0.25) is 0 Å². The Kier molecular flexibility index (Phi) is 11.1. The van der Waals surface area contributed by atoms with Crippen LogP contribution in [0, 0.1) is 11.3 Å². The molecule has 2 rings (SSSR count). The van der Waals surface area contributed by atoms with Gasteiger partial charge in [-0.1, -0.05) is 75.3 Å². The van der Waals surface area contributed by atoms with E-state index in [4.69, 9.17) is 9.47 Å². The summed E-state index contributed by atoms with van der Waals surface area (Å²) < 4.78 is 10.9. The number of nitrogens with zero attached hydrogens (tertiary/aromatic N) is 1. The number of aromatic nitrogens is 1. The zero-order valence-corrected chi connectivity index (χ0v) is 22.8. The largest absolute Gasteiger partial charge is 0.425 e. The lowest BCUT2D eigenvalue weighted by molar-refractivity contribution is -0.186. The van der Waals surface area contributed by atoms with E-state index in [-0.39, 0.29) is 17.8 Å². The van der Waals surface area contributed by atoms with Gasteiger partial charge in [0.1, 0.15) is 0 Å². The number of allylic oxidation sites excluding steroid dienone is 9. The highest BCUT2D eigenvalue weighted by molar-refractivity contribution is 5.83. The van der Waals surface area contributed by atoms with Gasteiger partial charge < -0.3 is 9.47 Å². The number of pyridine rings is 1. The molecule has 1 aliphatic rings. The van der Waals surface area contributed by atoms with Crippen molar-refractivity contribution in [1.29, 1.82) is 0 Å². The number of rotatable bonds is 10. The summed E-state index contributed by atoms with van der Waals surface area (Å²) in [6, 6.07) is 3.63. The molecule has 1 atom stereocenters. The highest BCUT2D eigenvalue weighted by atomic mass is 16.7. The SMILES string of the molecule is CC1=C(/C=C/C(C)=C/C=C/C(C)=C/C(=O)OC(Cc2cccnc2)OC(=O)C(C)C)C(C)(C)CCC1. The quantitative estimate of drug-likeness (QED) is 0.150. The molecular weight excluding hydrogens is 450 g/mol. The van der Waals surface area contributed by atoms with Crippen molar-refractivity contribution in [2.75, 3.05) is 0 Å². The molecule has 0 amide bonds. The molecule has 0 radical (unpaired) electrons. The van der Waals surface area contributed by atoms with Crippen molar-refractivity contribution in [3.63, 3.8) is 0 Å². The van der Waals surface area contributed by atoms with E-state index in [2.05, 4.69) is 44.8 Å². The summed E-state index contributed by atoms with van der Waals surface area (Å²) >= 11 is 0. The first-order valence-electron chi connectivity index (χ1n) is 12.7. The summed E-state index contributed by atoms with van der Waals surface area (Å²) in [6.45, 7) is 14.2. The summed E-state index contributed by atoms with van der Waals surface area (Å²) in [5, 5.41) is 0. The Balaban J connectivity index is 2.01. The van der Waals surface area contributed by atoms with E-state index >= 15 is 0 Å². The fraction of sp³-hybridized carbons (Fsp3) is 0.452. The first kappa shape index (κ1) is 29.0. The average molecular weight is 492 g/mol. The third kappa shape index (κ3) is 9.80. The second-order valence-electron chi connectivity index (χ2n) is 10.4. The molecule has 0 saturated carbocycles. The summed E-state index contributed by atoms with van der Waals surface area (Å²) in [6.07, 6.45) is 17.7. The van der Waals surface area contributed by atoms with Crippen LogP contribution in [0.4, 0.5) is 0 Å². The molecule has 0 aromatic carbocycles. The van der Waals surface area contributed by atoms with Crippen molar-refractivity contribution >= 4 is 11.9 Å². The van der Waals surface area contributed by atoms with Gasteiger partial charge in [-0.05, 0) is 68.2 Å². The summed E-state index contributed by atoms with van der Waals surface area (Å²) in [7, 11) is 0. The van der Waals surface area contributed by atoms with Crippen LogP contribution in [-0.4, -0.2) is 23.2 Å². The lowest BCUT2D eigenvalue weighted by atomic mass is 9.72. The van der Waals surface area contributed by atoms with E-state index in [0.717, 1.165) is 16.7 Å². The normalized spacial score (nSPS) is 17.7. The molecule has 0 bridgehead atoms. The van der Waals surface area contributed by atoms with Gasteiger partial charge in [-0.25, -0.2) is 4.79 Å². The maximum absolute atomic E-state index is 12.5. The van der Waals surface area contributed by atoms with E-state index in [1.54, 1.807) is 32.3 Å². The zero-order chi connectivity index (χ0) is 26.7. The molecule has 0 saturated heterocycles. The molecule has 0 aliphatic heterocycles. The van der Waals surface area contributed by atoms with Gasteiger partial charge in [-0.2, -0.15) is 0 Å². The van der Waals surface area contributed by atoms with E-state index in [9.17, 15) is 9.59 Å². The van der Waals surface area contributed by atoms with Crippen molar-refractivity contribution in [1.82, 2.24) is 4.98 Å². The third-order valence-electron chi connectivity index (χ3n) is 6.21. The van der Waals surface area contributed by atoms with Gasteiger partial charge in [0, 0.05) is 24.9 Å². The lowest BCUT2D eigenvalue weighted by Gasteiger charge is -2.32. The molecule has 1 unspecified atom stereocenters. The number of esters is 2. The Labute approximate surface area is 216 Å². The van der Waals surface area contributed by atoms with Crippen LogP contribution < -0.4 is 0 Å². The minimum absolute atomic E-state index is 0.215. The maximum Gasteiger partial charge on any atom is 0.334 e. The molecule has 1 heterocycles. The average Bonchev–Trinajstić information content (AvgIpc) is 2.78. The van der Waals surface area contributed by atoms with Crippen molar-refractivity contribution < 1.29 is 19.1 Å². The molecule has 1 aliphatic carbocycles. The first-order chi connectivity index (χ1) is 17.0. The molecular formula is C31H41NO4. The number of ether oxygens (including phenoxy) is 2. The fourth-order valence-electron chi connectivity index (χ4n) is 4.11. The second-order valence-corrected chi connectivity index (χ2v) is 10.4. The summed E-state index contributed by atoms with van der Waals surface area (Å²) in [5.41, 5.74) is 5.79. The van der Waals surface area contributed by atoms with Gasteiger partial charge in [-0.15, -0.1) is 0 Å². The smallest absolute Gasteiger partial charge is 0.334 e. The van der Waals surface area contributed by atoms with Crippen molar-refractivity contribution in [3.05, 3.63) is 88.8 Å². The number of carbonyl (C=O) groups excluding carboxylic acids is 2. The van der Waals surface area contributed by atoms with E-state index in [1.165, 1.54) is 36.5 Å². The van der Waals surface area contributed by atoms with Crippen LogP contribution in [0.5, 0.6) is 0 Å². The van der Waals surface area contributed by atoms with E-state index in [1.807, 2.05) is 31.2 Å². The topological polar surface area (TPSA) is 65.5 Å². The molecule has 0 fully saturated rings. The molecule has 5 heteroatoms. The van der Waals surface area contributed by atoms with Gasteiger partial charge >= 0.3 is 11.9 Å². The van der Waals surface area contributed by atoms with Crippen molar-refractivity contribution in [3.8, 4) is 0 Å². The summed E-state index contributed by atoms with van der Waals surface area (Å²) in [4.78, 5) is 28.7. The monoisotopic (exact) mass is 491 g/mol. The Morgan fingerprint density at radius 2 is 1.89 bits per heavy atom. The molecule has 5 nitrogen and oxygen atoms in total. The van der Waals surface area contributed by atoms with Gasteiger partial charge in [0.15, 0.2) is 0 Å². The van der Waals surface area contributed by atoms with Crippen molar-refractivity contribution in [2.24, 2.45) is 11.3 Å². The first-order valence-corrected chi connectivity index (χ1v) is 12.7. The Bertz CT molecular complexity index is 1060. The Hall–Kier alpha value is -3.21. The van der Waals surface area contributed by atoms with Gasteiger partial charge in [-0.3, -0.25) is 9.78 Å². The third-order valence-corrected chi connectivity index (χ3v) is 6.21. The highest BCUT2D eigenvalue weighted by Gasteiger charge is 2.26. The van der Waals surface area contributed by atoms with Crippen LogP contribution in [-0.2, 0) is 25.5 Å². The predicted molar refractivity (Wildman–Crippen MR) is 145 cm³/mol. The molecule has 1 aromatic heterocycles. The second kappa shape index (κ2) is 13.8. The molecule has 36 heavy (non-hydrogen) atoms. The van der Waals surface area contributed by atoms with Crippen LogP contribution in [0.1, 0.15) is 73.3 Å². The van der Waals surface area contributed by atoms with Crippen LogP contribution in [0.3, 0.4) is 0 Å². The number of carbonyl (C=O) groups is 2. The molecule has 0 N–H and O–H groups in total. The van der Waals surface area contributed by atoms with Crippen LogP contribution in [0.2, 0.25) is 0 Å². The maximum atomic E-state index is 12.5. The van der Waals surface area contributed by atoms with Crippen LogP contribution >= 0.6 is 0 Å². The number of hydrogen-bond acceptors (Lipinski definition) is 5. The predicted octanol–water partition coefficient (Wildman–Crippen LogP) is 7.22. The molecule has 194 valence electrons. The van der Waals surface area contributed by atoms with Crippen LogP contribution in [0.15, 0.2) is 83.3 Å². The number of hydrogen-bond donors (Lipinski definition) is 0. The summed E-state index contributed by atoms with van der Waals surface area (Å²) in [5.74, 6) is -1.31. The zero-order valence-electron chi connectivity index (χ0n) is 22.8. The van der Waals surface area contributed by atoms with Gasteiger partial charge in [0.25, 0.3) is 6.29 Å². The Morgan fingerprint density at radius 3 is 2.53 bits per heavy atom. The van der Waals surface area contributed by atoms with Gasteiger partial charge in [0.05, 0.1) is 5.92 Å². The minimum Gasteiger partial charge on any atom is -0.425 e. The highest BCUT2D eigenvalue weighted by Crippen LogP contribution is 2.40. The lowest BCUT2D eigenvalue weighted by Crippen LogP contribution is -2.28. The van der Waals surface area contributed by atoms with E-state index in [0.29, 0.717) is 0 Å². The Morgan fingerprint density at radius 1 is 1.14 bits per heavy atom. The molecule has 0 spiro atoms. The van der Waals surface area contributed by atoms with E-state index < -0.39 is 18.2 Å². The van der Waals surface area contributed by atoms with Crippen LogP contribution in [0.25, 0.3) is 0 Å². The minimum atomic E-state index is -1.02. The fourth-order valence-corrected chi connectivity index (χ4v) is 4.11. The standard InChI is InChI=1S/C31H41NO4/c1-22(2)30(34)36-29(20-26-14-10-18-32-21-26)35-28(33)19-24(4)12-8-11-23(3)15-16-27-25(5)13-9-17-31(27,6)7/h8,10-12,14-16,18-19,21-22,29H,9,13,17,20H2,1-7H3/b12-8+,16-15+,23-11+,24-19+.